The van der Waals surface area contributed by atoms with E-state index < -0.39 is 6.09 Å². The van der Waals surface area contributed by atoms with Crippen LogP contribution in [0, 0.1) is 0 Å². The molecular weight excluding hydrogens is 164 g/mol. The van der Waals surface area contributed by atoms with Crippen molar-refractivity contribution in [3.63, 3.8) is 0 Å². The number of nitrogens with one attached hydrogen (secondary N) is 1. The van der Waals surface area contributed by atoms with Crippen molar-refractivity contribution < 1.29 is 14.6 Å². The lowest BCUT2D eigenvalue weighted by atomic mass is 10.6. The zero-order valence-corrected chi connectivity index (χ0v) is 6.43. The number of nitrogens with zero attached hydrogens (tertiary/aromatic N) is 3. The fourth-order valence-corrected chi connectivity index (χ4v) is 0.482. The fraction of sp³-hybridized carbons (Fsp3) is 0.800. The van der Waals surface area contributed by atoms with Crippen molar-refractivity contribution in [1.82, 2.24) is 5.32 Å². The number of carbonyl (C=O) groups is 1. The molecule has 0 radical (unpaired) electrons. The first-order chi connectivity index (χ1) is 5.77. The molecule has 0 aliphatic rings. The second-order valence-electron chi connectivity index (χ2n) is 1.80. The molecule has 0 atom stereocenters. The van der Waals surface area contributed by atoms with Gasteiger partial charge in [0.25, 0.3) is 0 Å². The maximum atomic E-state index is 9.90. The number of amides is 1. The maximum absolute atomic E-state index is 9.90. The number of hydrogen-bond acceptors (Lipinski definition) is 3. The number of ether oxygens (including phenoxy) is 1. The molecule has 0 unspecified atom stereocenters. The summed E-state index contributed by atoms with van der Waals surface area (Å²) in [5.41, 5.74) is 7.85. The number of hydrogen-bond donors (Lipinski definition) is 2. The van der Waals surface area contributed by atoms with Crippen LogP contribution in [0.15, 0.2) is 5.11 Å². The van der Waals surface area contributed by atoms with Crippen LogP contribution in [0.5, 0.6) is 0 Å². The highest BCUT2D eigenvalue weighted by molar-refractivity contribution is 5.64. The molecule has 0 aliphatic carbocycles. The maximum Gasteiger partial charge on any atom is 0.404 e. The van der Waals surface area contributed by atoms with Gasteiger partial charge in [-0.1, -0.05) is 5.11 Å². The van der Waals surface area contributed by atoms with Crippen LogP contribution in [0.3, 0.4) is 0 Å². The quantitative estimate of drug-likeness (QED) is 0.266. The predicted octanol–water partition coefficient (Wildman–Crippen LogP) is 0.581. The lowest BCUT2D eigenvalue weighted by Gasteiger charge is -2.00. The molecule has 0 aromatic rings. The van der Waals surface area contributed by atoms with Crippen LogP contribution in [0.25, 0.3) is 10.4 Å². The molecule has 0 aliphatic heterocycles. The molecular formula is C5H10N4O3. The SMILES string of the molecule is [N-]=[N+]=NCCOCCNC(=O)O. The predicted molar refractivity (Wildman–Crippen MR) is 40.9 cm³/mol. The first kappa shape index (κ1) is 10.5. The van der Waals surface area contributed by atoms with Gasteiger partial charge < -0.3 is 15.2 Å². The smallest absolute Gasteiger partial charge is 0.404 e. The molecule has 1 amide bonds. The monoisotopic (exact) mass is 174 g/mol. The Labute approximate surface area is 69.0 Å². The molecule has 0 aromatic heterocycles. The van der Waals surface area contributed by atoms with E-state index >= 15 is 0 Å². The molecule has 7 heteroatoms. The molecule has 2 N–H and O–H groups in total. The van der Waals surface area contributed by atoms with E-state index in [1.54, 1.807) is 0 Å². The minimum atomic E-state index is -1.08. The number of azide groups is 1. The topological polar surface area (TPSA) is 107 Å². The van der Waals surface area contributed by atoms with E-state index in [2.05, 4.69) is 15.3 Å². The minimum absolute atomic E-state index is 0.242. The fourth-order valence-electron chi connectivity index (χ4n) is 0.482. The normalized spacial score (nSPS) is 8.67. The summed E-state index contributed by atoms with van der Waals surface area (Å²) >= 11 is 0. The summed E-state index contributed by atoms with van der Waals surface area (Å²) < 4.78 is 4.90. The Morgan fingerprint density at radius 1 is 1.67 bits per heavy atom. The summed E-state index contributed by atoms with van der Waals surface area (Å²) in [5.74, 6) is 0. The molecule has 0 spiro atoms. The summed E-state index contributed by atoms with van der Waals surface area (Å²) in [6.45, 7) is 1.10. The van der Waals surface area contributed by atoms with E-state index in [9.17, 15) is 4.79 Å². The van der Waals surface area contributed by atoms with E-state index in [1.165, 1.54) is 0 Å². The standard InChI is InChI=1S/C5H10N4O3/c6-9-8-2-4-12-3-1-7-5(10)11/h7H,1-4H2,(H,10,11). The Hall–Kier alpha value is -1.46. The van der Waals surface area contributed by atoms with Crippen LogP contribution in [0.1, 0.15) is 0 Å². The van der Waals surface area contributed by atoms with Crippen LogP contribution in [-0.4, -0.2) is 37.5 Å². The van der Waals surface area contributed by atoms with E-state index in [0.29, 0.717) is 6.61 Å². The molecule has 68 valence electrons. The zero-order chi connectivity index (χ0) is 9.23. The van der Waals surface area contributed by atoms with Crippen molar-refractivity contribution in [2.45, 2.75) is 0 Å². The first-order valence-corrected chi connectivity index (χ1v) is 3.32. The zero-order valence-electron chi connectivity index (χ0n) is 6.43. The van der Waals surface area contributed by atoms with Crippen molar-refractivity contribution in [3.8, 4) is 0 Å². The molecule has 7 nitrogen and oxygen atoms in total. The van der Waals surface area contributed by atoms with E-state index in [1.807, 2.05) is 0 Å². The third-order valence-electron chi connectivity index (χ3n) is 0.921. The lowest BCUT2D eigenvalue weighted by molar-refractivity contribution is 0.139. The Balaban J connectivity index is 3.00. The van der Waals surface area contributed by atoms with Gasteiger partial charge in [0.05, 0.1) is 13.2 Å². The van der Waals surface area contributed by atoms with Gasteiger partial charge in [-0.25, -0.2) is 4.79 Å². The summed E-state index contributed by atoms with van der Waals surface area (Å²) in [6, 6.07) is 0. The third-order valence-corrected chi connectivity index (χ3v) is 0.921. The van der Waals surface area contributed by atoms with Crippen LogP contribution in [0.2, 0.25) is 0 Å². The van der Waals surface area contributed by atoms with Gasteiger partial charge in [0, 0.05) is 18.0 Å². The molecule has 0 aromatic carbocycles. The highest BCUT2D eigenvalue weighted by Gasteiger charge is 1.91. The third kappa shape index (κ3) is 8.54. The van der Waals surface area contributed by atoms with Crippen LogP contribution in [-0.2, 0) is 4.74 Å². The highest BCUT2D eigenvalue weighted by Crippen LogP contribution is 1.76. The van der Waals surface area contributed by atoms with Gasteiger partial charge in [-0.3, -0.25) is 0 Å². The summed E-state index contributed by atoms with van der Waals surface area (Å²) in [5, 5.41) is 13.5. The van der Waals surface area contributed by atoms with Crippen molar-refractivity contribution in [2.24, 2.45) is 5.11 Å². The minimum Gasteiger partial charge on any atom is -0.465 e. The molecule has 12 heavy (non-hydrogen) atoms. The summed E-state index contributed by atoms with van der Waals surface area (Å²) in [4.78, 5) is 12.4. The van der Waals surface area contributed by atoms with E-state index in [4.69, 9.17) is 15.4 Å². The van der Waals surface area contributed by atoms with Crippen LogP contribution >= 0.6 is 0 Å². The largest absolute Gasteiger partial charge is 0.465 e. The van der Waals surface area contributed by atoms with Gasteiger partial charge in [0.1, 0.15) is 0 Å². The van der Waals surface area contributed by atoms with E-state index in [-0.39, 0.29) is 19.7 Å². The van der Waals surface area contributed by atoms with Gasteiger partial charge in [0.15, 0.2) is 0 Å². The lowest BCUT2D eigenvalue weighted by Crippen LogP contribution is -2.25. The van der Waals surface area contributed by atoms with Crippen molar-refractivity contribution >= 4 is 6.09 Å². The second-order valence-corrected chi connectivity index (χ2v) is 1.80. The molecule has 0 saturated carbocycles. The summed E-state index contributed by atoms with van der Waals surface area (Å²) in [6.07, 6.45) is -1.08. The number of rotatable bonds is 6. The molecule has 0 saturated heterocycles. The second kappa shape index (κ2) is 7.64. The van der Waals surface area contributed by atoms with Gasteiger partial charge in [-0.15, -0.1) is 0 Å². The molecule has 0 rings (SSSR count). The van der Waals surface area contributed by atoms with Crippen LogP contribution < -0.4 is 5.32 Å². The Morgan fingerprint density at radius 3 is 3.00 bits per heavy atom. The van der Waals surface area contributed by atoms with Gasteiger partial charge in [-0.05, 0) is 5.53 Å². The molecule has 0 bridgehead atoms. The molecule has 0 heterocycles. The first-order valence-electron chi connectivity index (χ1n) is 3.32. The van der Waals surface area contributed by atoms with Gasteiger partial charge in [-0.2, -0.15) is 0 Å². The van der Waals surface area contributed by atoms with Crippen molar-refractivity contribution in [1.29, 1.82) is 0 Å². The van der Waals surface area contributed by atoms with Crippen molar-refractivity contribution in [3.05, 3.63) is 10.4 Å². The van der Waals surface area contributed by atoms with Gasteiger partial charge >= 0.3 is 6.09 Å². The average molecular weight is 174 g/mol. The van der Waals surface area contributed by atoms with Crippen molar-refractivity contribution in [2.75, 3.05) is 26.3 Å². The van der Waals surface area contributed by atoms with Gasteiger partial charge in [0.2, 0.25) is 0 Å². The van der Waals surface area contributed by atoms with Crippen LogP contribution in [0.4, 0.5) is 4.79 Å². The average Bonchev–Trinajstić information content (AvgIpc) is 2.02. The Bertz CT molecular complexity index is 172. The van der Waals surface area contributed by atoms with E-state index in [0.717, 1.165) is 0 Å². The molecule has 0 fully saturated rings. The summed E-state index contributed by atoms with van der Waals surface area (Å²) in [7, 11) is 0. The Morgan fingerprint density at radius 2 is 2.42 bits per heavy atom. The Kier molecular flexibility index (Phi) is 6.71. The highest BCUT2D eigenvalue weighted by atomic mass is 16.5. The number of carboxylic acid groups (broad SMARTS) is 1.